The van der Waals surface area contributed by atoms with Crippen LogP contribution in [0.15, 0.2) is 24.3 Å². The van der Waals surface area contributed by atoms with Crippen molar-refractivity contribution in [3.63, 3.8) is 0 Å². The van der Waals surface area contributed by atoms with E-state index in [2.05, 4.69) is 31.4 Å². The molecule has 0 aliphatic heterocycles. The maximum atomic E-state index is 12.6. The van der Waals surface area contributed by atoms with Crippen molar-refractivity contribution in [1.82, 2.24) is 0 Å². The van der Waals surface area contributed by atoms with Gasteiger partial charge in [0.2, 0.25) is 0 Å². The van der Waals surface area contributed by atoms with Gasteiger partial charge in [0.15, 0.2) is 6.04 Å². The monoisotopic (exact) mass is 341 g/mol. The fourth-order valence-corrected chi connectivity index (χ4v) is 6.35. The molecule has 3 nitrogen and oxygen atoms in total. The molecule has 25 heavy (non-hydrogen) atoms. The van der Waals surface area contributed by atoms with Gasteiger partial charge in [-0.25, -0.2) is 0 Å². The Kier molecular flexibility index (Phi) is 4.39. The van der Waals surface area contributed by atoms with Crippen LogP contribution in [-0.2, 0) is 4.79 Å². The molecule has 0 saturated heterocycles. The van der Waals surface area contributed by atoms with Gasteiger partial charge in [-0.2, -0.15) is 0 Å². The summed E-state index contributed by atoms with van der Waals surface area (Å²) in [5.74, 6) is 3.04. The van der Waals surface area contributed by atoms with Crippen LogP contribution >= 0.6 is 0 Å². The van der Waals surface area contributed by atoms with Crippen LogP contribution in [0.1, 0.15) is 57.9 Å². The number of hydrogen-bond donors (Lipinski definition) is 2. The summed E-state index contributed by atoms with van der Waals surface area (Å²) in [6, 6.07) is 8.57. The van der Waals surface area contributed by atoms with E-state index in [-0.39, 0.29) is 11.9 Å². The number of carbonyl (C=O) groups is 1. The van der Waals surface area contributed by atoms with Crippen molar-refractivity contribution in [3.05, 3.63) is 29.8 Å². The Morgan fingerprint density at radius 2 is 1.56 bits per heavy atom. The zero-order valence-electron chi connectivity index (χ0n) is 15.9. The van der Waals surface area contributed by atoms with Crippen LogP contribution in [0.25, 0.3) is 0 Å². The minimum Gasteiger partial charge on any atom is -0.334 e. The average Bonchev–Trinajstić information content (AvgIpc) is 2.55. The topological polar surface area (TPSA) is 45.7 Å². The first-order valence-corrected chi connectivity index (χ1v) is 10.2. The van der Waals surface area contributed by atoms with E-state index in [9.17, 15) is 4.79 Å². The lowest BCUT2D eigenvalue weighted by molar-refractivity contribution is -0.718. The average molecular weight is 342 g/mol. The Labute approximate surface area is 152 Å². The first-order valence-electron chi connectivity index (χ1n) is 10.2. The number of quaternary nitrogens is 1. The van der Waals surface area contributed by atoms with Gasteiger partial charge in [-0.15, -0.1) is 0 Å². The molecule has 3 N–H and O–H groups in total. The van der Waals surface area contributed by atoms with E-state index in [1.54, 1.807) is 0 Å². The van der Waals surface area contributed by atoms with Gasteiger partial charge >= 0.3 is 0 Å². The van der Waals surface area contributed by atoms with Crippen LogP contribution in [0.4, 0.5) is 5.69 Å². The van der Waals surface area contributed by atoms with Crippen molar-refractivity contribution < 1.29 is 10.1 Å². The van der Waals surface area contributed by atoms with Gasteiger partial charge in [0.25, 0.3) is 5.91 Å². The van der Waals surface area contributed by atoms with Gasteiger partial charge in [0.1, 0.15) is 0 Å². The predicted octanol–water partition coefficient (Wildman–Crippen LogP) is 3.49. The van der Waals surface area contributed by atoms with E-state index in [0.717, 1.165) is 23.4 Å². The second-order valence-electron chi connectivity index (χ2n) is 9.41. The third kappa shape index (κ3) is 3.36. The largest absolute Gasteiger partial charge is 0.334 e. The van der Waals surface area contributed by atoms with Crippen LogP contribution in [0.3, 0.4) is 0 Å². The lowest BCUT2D eigenvalue weighted by Crippen LogP contribution is -2.98. The second kappa shape index (κ2) is 6.42. The minimum atomic E-state index is -0.0377. The summed E-state index contributed by atoms with van der Waals surface area (Å²) in [4.78, 5) is 12.6. The molecule has 0 unspecified atom stereocenters. The normalized spacial score (nSPS) is 35.4. The quantitative estimate of drug-likeness (QED) is 0.846. The van der Waals surface area contributed by atoms with Crippen molar-refractivity contribution in [3.8, 4) is 0 Å². The molecule has 5 rings (SSSR count). The summed E-state index contributed by atoms with van der Waals surface area (Å²) >= 11 is 0. The van der Waals surface area contributed by atoms with Gasteiger partial charge < -0.3 is 10.6 Å². The second-order valence-corrected chi connectivity index (χ2v) is 9.41. The summed E-state index contributed by atoms with van der Waals surface area (Å²) in [5.41, 5.74) is 2.61. The number of aryl methyl sites for hydroxylation is 1. The fourth-order valence-electron chi connectivity index (χ4n) is 6.35. The molecule has 4 saturated carbocycles. The number of nitrogens with one attached hydrogen (secondary N) is 1. The fraction of sp³-hybridized carbons (Fsp3) is 0.682. The molecule has 136 valence electrons. The summed E-state index contributed by atoms with van der Waals surface area (Å²) in [6.45, 7) is 6.50. The van der Waals surface area contributed by atoms with Gasteiger partial charge in [0, 0.05) is 11.1 Å². The highest BCUT2D eigenvalue weighted by atomic mass is 16.2. The molecule has 1 aromatic rings. The van der Waals surface area contributed by atoms with Gasteiger partial charge in [0.05, 0.1) is 6.04 Å². The van der Waals surface area contributed by atoms with Crippen molar-refractivity contribution in [2.75, 3.05) is 5.32 Å². The highest BCUT2D eigenvalue weighted by molar-refractivity contribution is 5.93. The maximum absolute atomic E-state index is 12.6. The predicted molar refractivity (Wildman–Crippen MR) is 101 cm³/mol. The zero-order chi connectivity index (χ0) is 17.6. The van der Waals surface area contributed by atoms with Crippen LogP contribution in [0.5, 0.6) is 0 Å². The van der Waals surface area contributed by atoms with Crippen LogP contribution in [0, 0.1) is 30.1 Å². The van der Waals surface area contributed by atoms with E-state index >= 15 is 0 Å². The molecule has 0 heterocycles. The molecule has 1 aromatic carbocycles. The van der Waals surface area contributed by atoms with E-state index in [0.29, 0.717) is 11.5 Å². The Balaban J connectivity index is 1.37. The van der Waals surface area contributed by atoms with Crippen molar-refractivity contribution >= 4 is 11.6 Å². The highest BCUT2D eigenvalue weighted by Crippen LogP contribution is 2.60. The minimum absolute atomic E-state index is 0.0377. The van der Waals surface area contributed by atoms with Gasteiger partial charge in [-0.1, -0.05) is 17.7 Å². The molecule has 4 aliphatic rings. The van der Waals surface area contributed by atoms with E-state index in [4.69, 9.17) is 0 Å². The number of amides is 1. The molecule has 0 spiro atoms. The first-order chi connectivity index (χ1) is 11.9. The number of carbonyl (C=O) groups excluding carboxylic acids is 1. The van der Waals surface area contributed by atoms with E-state index in [1.165, 1.54) is 44.1 Å². The SMILES string of the molecule is Cc1ccc(NC(=O)[C@H](C)[NH2+][C@H](C)C23CC4CC(CC(C4)C2)C3)cc1. The van der Waals surface area contributed by atoms with Crippen LogP contribution in [-0.4, -0.2) is 18.0 Å². The maximum Gasteiger partial charge on any atom is 0.282 e. The third-order valence-electron chi connectivity index (χ3n) is 7.36. The Bertz CT molecular complexity index is 601. The Morgan fingerprint density at radius 3 is 2.08 bits per heavy atom. The molecular weight excluding hydrogens is 308 g/mol. The van der Waals surface area contributed by atoms with Crippen LogP contribution in [0.2, 0.25) is 0 Å². The summed E-state index contributed by atoms with van der Waals surface area (Å²) in [6.07, 6.45) is 8.66. The lowest BCUT2D eigenvalue weighted by atomic mass is 9.48. The molecule has 2 atom stereocenters. The van der Waals surface area contributed by atoms with Crippen molar-refractivity contribution in [2.45, 2.75) is 71.4 Å². The number of benzene rings is 1. The standard InChI is InChI=1S/C22H32N2O/c1-14-4-6-20(7-5-14)24-21(25)15(2)23-16(3)22-11-17-8-18(12-22)10-19(9-17)13-22/h4-7,15-19,23H,8-13H2,1-3H3,(H,24,25)/p+1/t15-,16+,17?,18?,19?,22?/m0/s1. The smallest absolute Gasteiger partial charge is 0.282 e. The molecule has 0 radical (unpaired) electrons. The van der Waals surface area contributed by atoms with Crippen molar-refractivity contribution in [1.29, 1.82) is 0 Å². The molecule has 1 amide bonds. The lowest BCUT2D eigenvalue weighted by Gasteiger charge is -2.58. The number of anilines is 1. The summed E-state index contributed by atoms with van der Waals surface area (Å²) in [7, 11) is 0. The third-order valence-corrected chi connectivity index (χ3v) is 7.36. The molecule has 3 heteroatoms. The Hall–Kier alpha value is -1.35. The molecule has 4 fully saturated rings. The number of rotatable bonds is 5. The number of nitrogens with two attached hydrogens (primary N) is 1. The molecular formula is C22H33N2O+. The Morgan fingerprint density at radius 1 is 1.04 bits per heavy atom. The first kappa shape index (κ1) is 17.1. The number of hydrogen-bond acceptors (Lipinski definition) is 1. The van der Waals surface area contributed by atoms with Crippen LogP contribution < -0.4 is 10.6 Å². The van der Waals surface area contributed by atoms with Gasteiger partial charge in [-0.05, 0) is 89.2 Å². The molecule has 4 bridgehead atoms. The van der Waals surface area contributed by atoms with E-state index < -0.39 is 0 Å². The highest BCUT2D eigenvalue weighted by Gasteiger charge is 2.54. The molecule has 0 aromatic heterocycles. The summed E-state index contributed by atoms with van der Waals surface area (Å²) < 4.78 is 0. The molecule has 4 aliphatic carbocycles. The van der Waals surface area contributed by atoms with Gasteiger partial charge in [-0.3, -0.25) is 4.79 Å². The van der Waals surface area contributed by atoms with E-state index in [1.807, 2.05) is 24.3 Å². The summed E-state index contributed by atoms with van der Waals surface area (Å²) in [5, 5.41) is 5.42. The van der Waals surface area contributed by atoms with Crippen molar-refractivity contribution in [2.24, 2.45) is 23.2 Å². The zero-order valence-corrected chi connectivity index (χ0v) is 15.9.